The lowest BCUT2D eigenvalue weighted by atomic mass is 9.91. The molecule has 0 aromatic heterocycles. The lowest BCUT2D eigenvalue weighted by molar-refractivity contribution is -0.137. The van der Waals surface area contributed by atoms with Crippen molar-refractivity contribution in [3.63, 3.8) is 0 Å². The van der Waals surface area contributed by atoms with Crippen molar-refractivity contribution in [1.29, 1.82) is 5.26 Å². The molecule has 0 aliphatic heterocycles. The molecule has 3 amide bonds. The molecule has 0 radical (unpaired) electrons. The molecule has 2 aromatic rings. The van der Waals surface area contributed by atoms with Gasteiger partial charge in [0.1, 0.15) is 11.6 Å². The number of nitriles is 1. The summed E-state index contributed by atoms with van der Waals surface area (Å²) in [6, 6.07) is 12.5. The molecule has 0 fully saturated rings. The Kier molecular flexibility index (Phi) is 8.21. The van der Waals surface area contributed by atoms with Gasteiger partial charge in [0.2, 0.25) is 5.91 Å². The van der Waals surface area contributed by atoms with Crippen molar-refractivity contribution < 1.29 is 28.4 Å². The minimum atomic E-state index is -3.25. The number of hydrogen-bond acceptors (Lipinski definition) is 5. The molecule has 4 N–H and O–H groups in total. The summed E-state index contributed by atoms with van der Waals surface area (Å²) < 4.78 is 27.4. The smallest absolute Gasteiger partial charge is 0.268 e. The number of amides is 3. The van der Waals surface area contributed by atoms with Crippen LogP contribution in [0.3, 0.4) is 0 Å². The second-order valence-corrected chi connectivity index (χ2v) is 7.16. The van der Waals surface area contributed by atoms with Gasteiger partial charge in [0.05, 0.1) is 11.6 Å². The Hall–Kier alpha value is -4.28. The van der Waals surface area contributed by atoms with Crippen LogP contribution in [0.25, 0.3) is 0 Å². The highest BCUT2D eigenvalue weighted by atomic mass is 19.3. The molecule has 33 heavy (non-hydrogen) atoms. The molecule has 0 spiro atoms. The van der Waals surface area contributed by atoms with Crippen LogP contribution in [0.5, 0.6) is 0 Å². The quantitative estimate of drug-likeness (QED) is 0.300. The van der Waals surface area contributed by atoms with Crippen molar-refractivity contribution in [3.05, 3.63) is 70.8 Å². The van der Waals surface area contributed by atoms with E-state index >= 15 is 0 Å². The minimum Gasteiger partial charge on any atom is -0.343 e. The Morgan fingerprint density at radius 2 is 1.45 bits per heavy atom. The van der Waals surface area contributed by atoms with Gasteiger partial charge in [-0.15, -0.1) is 0 Å². The predicted octanol–water partition coefficient (Wildman–Crippen LogP) is 1.72. The first-order valence-electron chi connectivity index (χ1n) is 9.54. The van der Waals surface area contributed by atoms with Crippen molar-refractivity contribution in [2.75, 3.05) is 0 Å². The molecule has 2 aromatic carbocycles. The molecule has 8 nitrogen and oxygen atoms in total. The van der Waals surface area contributed by atoms with Gasteiger partial charge in [0.15, 0.2) is 0 Å². The number of carbonyl (C=O) groups is 3. The van der Waals surface area contributed by atoms with Gasteiger partial charge in [-0.3, -0.25) is 19.6 Å². The molecule has 0 saturated carbocycles. The normalized spacial score (nSPS) is 12.9. The maximum atomic E-state index is 13.7. The fourth-order valence-corrected chi connectivity index (χ4v) is 2.88. The topological polar surface area (TPSA) is 131 Å². The molecular formula is C23H20F2N4O4. The second-order valence-electron chi connectivity index (χ2n) is 7.16. The van der Waals surface area contributed by atoms with E-state index in [1.54, 1.807) is 24.3 Å². The lowest BCUT2D eigenvalue weighted by Crippen LogP contribution is -2.68. The van der Waals surface area contributed by atoms with E-state index in [2.05, 4.69) is 17.2 Å². The van der Waals surface area contributed by atoms with Gasteiger partial charge in [-0.05, 0) is 55.5 Å². The van der Waals surface area contributed by atoms with Gasteiger partial charge in [0, 0.05) is 23.6 Å². The summed E-state index contributed by atoms with van der Waals surface area (Å²) >= 11 is 0. The largest absolute Gasteiger partial charge is 0.343 e. The summed E-state index contributed by atoms with van der Waals surface area (Å²) in [7, 11) is 0. The number of hydrogen-bond donors (Lipinski definition) is 4. The standard InChI is InChI=1S/C23H20F2N4O4/c1-14(30)28-23(2,22(24)25)19(21(32)29-33)27-20(31)18-11-9-16(10-12-18)4-3-15-5-7-17(13-26)8-6-15/h5-12,19,22,33H,1-2H3,(H,27,31)(H,28,30)(H,29,32)/t19-,23?/m1/s1. The molecule has 1 unspecified atom stereocenters. The first-order chi connectivity index (χ1) is 15.6. The zero-order valence-electron chi connectivity index (χ0n) is 17.6. The molecule has 0 aliphatic rings. The third-order valence-corrected chi connectivity index (χ3v) is 4.66. The van der Waals surface area contributed by atoms with E-state index in [0.29, 0.717) is 16.7 Å². The first-order valence-corrected chi connectivity index (χ1v) is 9.54. The molecule has 0 heterocycles. The second kappa shape index (κ2) is 10.8. The maximum Gasteiger partial charge on any atom is 0.268 e. The number of halogens is 2. The summed E-state index contributed by atoms with van der Waals surface area (Å²) in [5, 5.41) is 21.9. The number of rotatable bonds is 6. The van der Waals surface area contributed by atoms with Crippen molar-refractivity contribution >= 4 is 17.7 Å². The zero-order valence-corrected chi connectivity index (χ0v) is 17.6. The van der Waals surface area contributed by atoms with Crippen molar-refractivity contribution in [3.8, 4) is 17.9 Å². The number of nitrogens with zero attached hydrogens (tertiary/aromatic N) is 1. The van der Waals surface area contributed by atoms with Gasteiger partial charge in [0.25, 0.3) is 18.2 Å². The van der Waals surface area contributed by atoms with E-state index < -0.39 is 35.7 Å². The van der Waals surface area contributed by atoms with Crippen LogP contribution >= 0.6 is 0 Å². The average molecular weight is 454 g/mol. The van der Waals surface area contributed by atoms with Crippen LogP contribution < -0.4 is 16.1 Å². The van der Waals surface area contributed by atoms with Crippen LogP contribution in [0, 0.1) is 23.2 Å². The minimum absolute atomic E-state index is 0.0362. The average Bonchev–Trinajstić information content (AvgIpc) is 2.80. The van der Waals surface area contributed by atoms with Crippen LogP contribution in [-0.4, -0.2) is 40.9 Å². The molecule has 0 saturated heterocycles. The zero-order chi connectivity index (χ0) is 24.6. The third-order valence-electron chi connectivity index (χ3n) is 4.66. The Morgan fingerprint density at radius 3 is 1.88 bits per heavy atom. The predicted molar refractivity (Wildman–Crippen MR) is 113 cm³/mol. The van der Waals surface area contributed by atoms with E-state index in [-0.39, 0.29) is 5.56 Å². The fraction of sp³-hybridized carbons (Fsp3) is 0.217. The van der Waals surface area contributed by atoms with E-state index in [1.807, 2.05) is 11.4 Å². The Morgan fingerprint density at radius 1 is 0.970 bits per heavy atom. The Bertz CT molecular complexity index is 1130. The molecule has 2 atom stereocenters. The van der Waals surface area contributed by atoms with Crippen LogP contribution in [0.1, 0.15) is 40.9 Å². The van der Waals surface area contributed by atoms with E-state index in [9.17, 15) is 23.2 Å². The summed E-state index contributed by atoms with van der Waals surface area (Å²) in [4.78, 5) is 36.0. The van der Waals surface area contributed by atoms with Gasteiger partial charge in [-0.1, -0.05) is 11.8 Å². The lowest BCUT2D eigenvalue weighted by Gasteiger charge is -2.36. The van der Waals surface area contributed by atoms with Crippen LogP contribution in [0.2, 0.25) is 0 Å². The van der Waals surface area contributed by atoms with E-state index in [1.165, 1.54) is 29.7 Å². The maximum absolute atomic E-state index is 13.7. The van der Waals surface area contributed by atoms with Crippen molar-refractivity contribution in [1.82, 2.24) is 16.1 Å². The van der Waals surface area contributed by atoms with Gasteiger partial charge < -0.3 is 10.6 Å². The first kappa shape index (κ1) is 25.0. The van der Waals surface area contributed by atoms with E-state index in [0.717, 1.165) is 13.8 Å². The summed E-state index contributed by atoms with van der Waals surface area (Å²) in [5.41, 5.74) is 0.517. The van der Waals surface area contributed by atoms with Crippen LogP contribution in [0.4, 0.5) is 8.78 Å². The van der Waals surface area contributed by atoms with Gasteiger partial charge in [-0.25, -0.2) is 14.3 Å². The molecule has 2 rings (SSSR count). The number of alkyl halides is 2. The summed E-state index contributed by atoms with van der Waals surface area (Å²) in [5.74, 6) is 2.72. The highest BCUT2D eigenvalue weighted by Gasteiger charge is 2.48. The van der Waals surface area contributed by atoms with Crippen molar-refractivity contribution in [2.24, 2.45) is 0 Å². The molecule has 0 bridgehead atoms. The van der Waals surface area contributed by atoms with Gasteiger partial charge >= 0.3 is 0 Å². The number of hydroxylamine groups is 1. The van der Waals surface area contributed by atoms with Gasteiger partial charge in [-0.2, -0.15) is 5.26 Å². The summed E-state index contributed by atoms with van der Waals surface area (Å²) in [6.07, 6.45) is -3.25. The van der Waals surface area contributed by atoms with Crippen molar-refractivity contribution in [2.45, 2.75) is 31.9 Å². The third kappa shape index (κ3) is 6.35. The number of benzene rings is 2. The Balaban J connectivity index is 2.22. The number of carbonyl (C=O) groups excluding carboxylic acids is 3. The molecule has 10 heteroatoms. The Labute approximate surface area is 188 Å². The monoisotopic (exact) mass is 454 g/mol. The number of nitrogens with one attached hydrogen (secondary N) is 3. The summed E-state index contributed by atoms with van der Waals surface area (Å²) in [6.45, 7) is 1.86. The SMILES string of the molecule is CC(=O)NC(C)(C(F)F)[C@H](NC(=O)c1ccc(C#Cc2ccc(C#N)cc2)cc1)C(=O)NO. The fourth-order valence-electron chi connectivity index (χ4n) is 2.88. The van der Waals surface area contributed by atoms with Crippen LogP contribution in [-0.2, 0) is 9.59 Å². The highest BCUT2D eigenvalue weighted by molar-refractivity contribution is 5.98. The van der Waals surface area contributed by atoms with Crippen LogP contribution in [0.15, 0.2) is 48.5 Å². The van der Waals surface area contributed by atoms with E-state index in [4.69, 9.17) is 10.5 Å². The molecule has 170 valence electrons. The molecular weight excluding hydrogens is 434 g/mol. The highest BCUT2D eigenvalue weighted by Crippen LogP contribution is 2.21. The molecule has 0 aliphatic carbocycles.